The van der Waals surface area contributed by atoms with Crippen LogP contribution < -0.4 is 4.90 Å². The van der Waals surface area contributed by atoms with Gasteiger partial charge < -0.3 is 15.1 Å². The Kier molecular flexibility index (Phi) is 5.75. The number of alkyl halides is 1. The van der Waals surface area contributed by atoms with E-state index in [0.717, 1.165) is 18.8 Å². The van der Waals surface area contributed by atoms with Gasteiger partial charge >= 0.3 is 0 Å². The maximum absolute atomic E-state index is 9.78. The summed E-state index contributed by atoms with van der Waals surface area (Å²) < 4.78 is 0. The number of aliphatic hydroxyl groups excluding tert-OH is 2. The molecule has 4 heteroatoms. The van der Waals surface area contributed by atoms with E-state index in [0.29, 0.717) is 5.56 Å². The summed E-state index contributed by atoms with van der Waals surface area (Å²) in [4.78, 5) is 2.22. The number of halogens is 1. The van der Waals surface area contributed by atoms with Crippen molar-refractivity contribution in [1.29, 1.82) is 0 Å². The SMILES string of the molecule is CCN(CC)c1ccc(C(O)C(O)CCl)cc1. The maximum atomic E-state index is 9.78. The fourth-order valence-electron chi connectivity index (χ4n) is 1.78. The minimum Gasteiger partial charge on any atom is -0.389 e. The normalized spacial score (nSPS) is 14.4. The van der Waals surface area contributed by atoms with Crippen LogP contribution in [0.2, 0.25) is 0 Å². The lowest BCUT2D eigenvalue weighted by Crippen LogP contribution is -2.22. The highest BCUT2D eigenvalue weighted by Crippen LogP contribution is 2.21. The first-order valence-corrected chi connectivity index (χ1v) is 6.44. The Morgan fingerprint density at radius 1 is 1.12 bits per heavy atom. The third-order valence-electron chi connectivity index (χ3n) is 2.89. The van der Waals surface area contributed by atoms with E-state index in [9.17, 15) is 10.2 Å². The molecule has 0 aliphatic rings. The molecule has 0 aliphatic heterocycles. The summed E-state index contributed by atoms with van der Waals surface area (Å²) in [6.07, 6.45) is -1.84. The molecule has 17 heavy (non-hydrogen) atoms. The second kappa shape index (κ2) is 6.84. The Morgan fingerprint density at radius 3 is 2.06 bits per heavy atom. The van der Waals surface area contributed by atoms with E-state index in [-0.39, 0.29) is 5.88 Å². The molecule has 0 bridgehead atoms. The summed E-state index contributed by atoms with van der Waals surface area (Å²) in [5, 5.41) is 19.2. The fraction of sp³-hybridized carbons (Fsp3) is 0.538. The second-order valence-corrected chi connectivity index (χ2v) is 4.24. The van der Waals surface area contributed by atoms with Crippen LogP contribution in [0.3, 0.4) is 0 Å². The number of aliphatic hydroxyl groups is 2. The van der Waals surface area contributed by atoms with Gasteiger partial charge in [0.1, 0.15) is 6.10 Å². The quantitative estimate of drug-likeness (QED) is 0.768. The molecule has 96 valence electrons. The summed E-state index contributed by atoms with van der Waals surface area (Å²) in [5.74, 6) is 0.0267. The average Bonchev–Trinajstić information content (AvgIpc) is 2.39. The molecule has 0 fully saturated rings. The number of hydrogen-bond donors (Lipinski definition) is 2. The van der Waals surface area contributed by atoms with Crippen LogP contribution in [0.4, 0.5) is 5.69 Å². The van der Waals surface area contributed by atoms with Gasteiger partial charge in [0.25, 0.3) is 0 Å². The lowest BCUT2D eigenvalue weighted by atomic mass is 10.0. The average molecular weight is 258 g/mol. The van der Waals surface area contributed by atoms with Crippen LogP contribution in [0, 0.1) is 0 Å². The highest BCUT2D eigenvalue weighted by molar-refractivity contribution is 6.18. The van der Waals surface area contributed by atoms with Crippen LogP contribution in [0.15, 0.2) is 24.3 Å². The Bertz CT molecular complexity index is 325. The zero-order valence-electron chi connectivity index (χ0n) is 10.3. The third kappa shape index (κ3) is 3.60. The lowest BCUT2D eigenvalue weighted by molar-refractivity contribution is 0.0327. The molecule has 1 aromatic rings. The van der Waals surface area contributed by atoms with E-state index in [4.69, 9.17) is 11.6 Å². The monoisotopic (exact) mass is 257 g/mol. The first kappa shape index (κ1) is 14.3. The largest absolute Gasteiger partial charge is 0.389 e. The van der Waals surface area contributed by atoms with E-state index in [2.05, 4.69) is 18.7 Å². The molecule has 2 N–H and O–H groups in total. The maximum Gasteiger partial charge on any atom is 0.106 e. The molecule has 1 aromatic carbocycles. The number of benzene rings is 1. The van der Waals surface area contributed by atoms with Crippen LogP contribution in [-0.4, -0.2) is 35.3 Å². The zero-order valence-corrected chi connectivity index (χ0v) is 11.1. The fourth-order valence-corrected chi connectivity index (χ4v) is 1.95. The van der Waals surface area contributed by atoms with Crippen molar-refractivity contribution in [2.24, 2.45) is 0 Å². The van der Waals surface area contributed by atoms with E-state index in [1.54, 1.807) is 0 Å². The van der Waals surface area contributed by atoms with Gasteiger partial charge in [0.15, 0.2) is 0 Å². The molecular weight excluding hydrogens is 238 g/mol. The van der Waals surface area contributed by atoms with E-state index in [1.165, 1.54) is 0 Å². The van der Waals surface area contributed by atoms with E-state index in [1.807, 2.05) is 24.3 Å². The van der Waals surface area contributed by atoms with Crippen LogP contribution in [0.25, 0.3) is 0 Å². The lowest BCUT2D eigenvalue weighted by Gasteiger charge is -2.22. The number of hydrogen-bond acceptors (Lipinski definition) is 3. The molecular formula is C13H20ClNO2. The molecule has 0 spiro atoms. The zero-order chi connectivity index (χ0) is 12.8. The van der Waals surface area contributed by atoms with Crippen LogP contribution in [0.5, 0.6) is 0 Å². The molecule has 0 amide bonds. The van der Waals surface area contributed by atoms with Gasteiger partial charge in [0.05, 0.1) is 12.0 Å². The van der Waals surface area contributed by atoms with Crippen molar-refractivity contribution in [1.82, 2.24) is 0 Å². The predicted molar refractivity (Wildman–Crippen MR) is 71.7 cm³/mol. The summed E-state index contributed by atoms with van der Waals surface area (Å²) in [5.41, 5.74) is 1.81. The Balaban J connectivity index is 2.80. The van der Waals surface area contributed by atoms with Crippen molar-refractivity contribution in [3.05, 3.63) is 29.8 Å². The van der Waals surface area contributed by atoms with Crippen LogP contribution in [0.1, 0.15) is 25.5 Å². The van der Waals surface area contributed by atoms with Gasteiger partial charge in [-0.2, -0.15) is 0 Å². The highest BCUT2D eigenvalue weighted by Gasteiger charge is 2.17. The first-order chi connectivity index (χ1) is 8.13. The molecule has 0 radical (unpaired) electrons. The van der Waals surface area contributed by atoms with Crippen molar-refractivity contribution in [2.75, 3.05) is 23.9 Å². The topological polar surface area (TPSA) is 43.7 Å². The van der Waals surface area contributed by atoms with Gasteiger partial charge in [-0.15, -0.1) is 11.6 Å². The summed E-state index contributed by atoms with van der Waals surface area (Å²) >= 11 is 5.51. The van der Waals surface area contributed by atoms with Crippen molar-refractivity contribution in [2.45, 2.75) is 26.1 Å². The summed E-state index contributed by atoms with van der Waals surface area (Å²) in [6, 6.07) is 7.56. The molecule has 0 aromatic heterocycles. The molecule has 3 nitrogen and oxygen atoms in total. The highest BCUT2D eigenvalue weighted by atomic mass is 35.5. The van der Waals surface area contributed by atoms with Gasteiger partial charge in [0.2, 0.25) is 0 Å². The minimum absolute atomic E-state index is 0.0267. The molecule has 0 saturated heterocycles. The van der Waals surface area contributed by atoms with Gasteiger partial charge in [0, 0.05) is 18.8 Å². The van der Waals surface area contributed by atoms with Crippen LogP contribution >= 0.6 is 11.6 Å². The minimum atomic E-state index is -0.920. The van der Waals surface area contributed by atoms with Crippen LogP contribution in [-0.2, 0) is 0 Å². The molecule has 1 rings (SSSR count). The smallest absolute Gasteiger partial charge is 0.106 e. The molecule has 2 unspecified atom stereocenters. The molecule has 2 atom stereocenters. The number of nitrogens with zero attached hydrogens (tertiary/aromatic N) is 1. The number of rotatable bonds is 6. The Hall–Kier alpha value is -0.770. The van der Waals surface area contributed by atoms with E-state index >= 15 is 0 Å². The van der Waals surface area contributed by atoms with Gasteiger partial charge in [-0.1, -0.05) is 12.1 Å². The van der Waals surface area contributed by atoms with Gasteiger partial charge in [-0.05, 0) is 31.5 Å². The molecule has 0 heterocycles. The first-order valence-electron chi connectivity index (χ1n) is 5.91. The van der Waals surface area contributed by atoms with Gasteiger partial charge in [-0.3, -0.25) is 0 Å². The van der Waals surface area contributed by atoms with Crippen molar-refractivity contribution >= 4 is 17.3 Å². The summed E-state index contributed by atoms with van der Waals surface area (Å²) in [7, 11) is 0. The van der Waals surface area contributed by atoms with Crippen molar-refractivity contribution in [3.63, 3.8) is 0 Å². The van der Waals surface area contributed by atoms with Crippen molar-refractivity contribution in [3.8, 4) is 0 Å². The standard InChI is InChI=1S/C13H20ClNO2/c1-3-15(4-2)11-7-5-10(6-8-11)13(17)12(16)9-14/h5-8,12-13,16-17H,3-4,9H2,1-2H3. The van der Waals surface area contributed by atoms with Gasteiger partial charge in [-0.25, -0.2) is 0 Å². The Labute approximate surface area is 108 Å². The van der Waals surface area contributed by atoms with Crippen molar-refractivity contribution < 1.29 is 10.2 Å². The predicted octanol–water partition coefficient (Wildman–Crippen LogP) is 2.17. The summed E-state index contributed by atoms with van der Waals surface area (Å²) in [6.45, 7) is 6.10. The van der Waals surface area contributed by atoms with E-state index < -0.39 is 12.2 Å². The second-order valence-electron chi connectivity index (χ2n) is 3.93. The third-order valence-corrected chi connectivity index (χ3v) is 3.20. The number of anilines is 1. The molecule has 0 aliphatic carbocycles. The molecule has 0 saturated carbocycles. The Morgan fingerprint density at radius 2 is 1.65 bits per heavy atom.